The predicted octanol–water partition coefficient (Wildman–Crippen LogP) is 2.95. The average Bonchev–Trinajstić information content (AvgIpc) is 2.89. The number of imidazole rings is 1. The van der Waals surface area contributed by atoms with E-state index in [1.165, 1.54) is 0 Å². The Morgan fingerprint density at radius 2 is 1.91 bits per heavy atom. The molecule has 5 heteroatoms. The van der Waals surface area contributed by atoms with Crippen molar-refractivity contribution in [3.05, 3.63) is 54.9 Å². The molecule has 22 heavy (non-hydrogen) atoms. The van der Waals surface area contributed by atoms with E-state index in [-0.39, 0.29) is 0 Å². The third-order valence-electron chi connectivity index (χ3n) is 3.30. The molecule has 1 atom stereocenters. The van der Waals surface area contributed by atoms with E-state index in [4.69, 9.17) is 9.47 Å². The van der Waals surface area contributed by atoms with Gasteiger partial charge < -0.3 is 14.0 Å². The summed E-state index contributed by atoms with van der Waals surface area (Å²) in [6, 6.07) is 14.5. The lowest BCUT2D eigenvalue weighted by atomic mass is 10.3. The van der Waals surface area contributed by atoms with Gasteiger partial charge >= 0.3 is 5.97 Å². The van der Waals surface area contributed by atoms with Crippen molar-refractivity contribution in [2.24, 2.45) is 7.05 Å². The van der Waals surface area contributed by atoms with Gasteiger partial charge in [-0.3, -0.25) is 0 Å². The predicted molar refractivity (Wildman–Crippen MR) is 82.9 cm³/mol. The topological polar surface area (TPSA) is 53.4 Å². The van der Waals surface area contributed by atoms with Crippen LogP contribution in [0, 0.1) is 0 Å². The molecular weight excluding hydrogens is 280 g/mol. The van der Waals surface area contributed by atoms with E-state index in [0.29, 0.717) is 11.5 Å². The lowest BCUT2D eigenvalue weighted by Gasteiger charge is -2.13. The van der Waals surface area contributed by atoms with E-state index in [1.54, 1.807) is 37.5 Å². The second-order valence-electron chi connectivity index (χ2n) is 5.00. The number of rotatable bonds is 4. The lowest BCUT2D eigenvalue weighted by molar-refractivity contribution is -0.141. The molecule has 0 N–H and O–H groups in total. The quantitative estimate of drug-likeness (QED) is 0.548. The molecule has 0 aliphatic rings. The lowest BCUT2D eigenvalue weighted by Crippen LogP contribution is -2.28. The van der Waals surface area contributed by atoms with E-state index in [0.717, 1.165) is 11.0 Å². The molecule has 5 nitrogen and oxygen atoms in total. The van der Waals surface area contributed by atoms with E-state index >= 15 is 0 Å². The van der Waals surface area contributed by atoms with Crippen molar-refractivity contribution in [3.63, 3.8) is 0 Å². The van der Waals surface area contributed by atoms with Gasteiger partial charge in [0.2, 0.25) is 0 Å². The number of para-hydroxylation sites is 1. The summed E-state index contributed by atoms with van der Waals surface area (Å²) in [5.74, 6) is 0.644. The highest BCUT2D eigenvalue weighted by Gasteiger charge is 2.17. The number of esters is 1. The first kappa shape index (κ1) is 14.1. The van der Waals surface area contributed by atoms with Crippen LogP contribution in [0.25, 0.3) is 11.0 Å². The third-order valence-corrected chi connectivity index (χ3v) is 3.30. The minimum absolute atomic E-state index is 0.445. The number of aryl methyl sites for hydroxylation is 1. The first-order valence-electron chi connectivity index (χ1n) is 6.98. The number of nitrogens with zero attached hydrogens (tertiary/aromatic N) is 2. The number of fused-ring (bicyclic) bond motifs is 1. The summed E-state index contributed by atoms with van der Waals surface area (Å²) in [4.78, 5) is 16.3. The van der Waals surface area contributed by atoms with E-state index in [2.05, 4.69) is 4.98 Å². The van der Waals surface area contributed by atoms with Crippen molar-refractivity contribution in [1.82, 2.24) is 9.55 Å². The van der Waals surface area contributed by atoms with E-state index < -0.39 is 12.1 Å². The number of hydrogen-bond acceptors (Lipinski definition) is 4. The Bertz CT molecular complexity index is 796. The molecule has 0 amide bonds. The summed E-state index contributed by atoms with van der Waals surface area (Å²) in [7, 11) is 1.91. The van der Waals surface area contributed by atoms with Crippen molar-refractivity contribution < 1.29 is 14.3 Å². The van der Waals surface area contributed by atoms with Gasteiger partial charge in [-0.15, -0.1) is 0 Å². The summed E-state index contributed by atoms with van der Waals surface area (Å²) in [5, 5.41) is 0. The Labute approximate surface area is 128 Å². The Morgan fingerprint density at radius 1 is 1.14 bits per heavy atom. The van der Waals surface area contributed by atoms with Crippen LogP contribution < -0.4 is 9.47 Å². The van der Waals surface area contributed by atoms with Gasteiger partial charge in [0, 0.05) is 13.1 Å². The molecule has 112 valence electrons. The third kappa shape index (κ3) is 2.93. The van der Waals surface area contributed by atoms with Crippen LogP contribution in [0.15, 0.2) is 54.9 Å². The SMILES string of the molecule is C[C@@H](Oc1ccccc1)C(=O)Oc1ccc2c(c1)ncn2C. The van der Waals surface area contributed by atoms with Gasteiger partial charge in [0.1, 0.15) is 11.5 Å². The highest BCUT2D eigenvalue weighted by atomic mass is 16.6. The van der Waals surface area contributed by atoms with Crippen LogP contribution in [0.3, 0.4) is 0 Å². The van der Waals surface area contributed by atoms with Crippen molar-refractivity contribution in [1.29, 1.82) is 0 Å². The number of hydrogen-bond donors (Lipinski definition) is 0. The number of ether oxygens (including phenoxy) is 2. The standard InChI is InChI=1S/C17H16N2O3/c1-12(21-13-6-4-3-5-7-13)17(20)22-14-8-9-16-15(10-14)18-11-19(16)2/h3-12H,1-2H3/t12-/m1/s1. The number of benzene rings is 2. The molecule has 0 spiro atoms. The zero-order valence-corrected chi connectivity index (χ0v) is 12.4. The summed E-state index contributed by atoms with van der Waals surface area (Å²) < 4.78 is 12.8. The van der Waals surface area contributed by atoms with Gasteiger partial charge in [-0.2, -0.15) is 0 Å². The zero-order valence-electron chi connectivity index (χ0n) is 12.4. The van der Waals surface area contributed by atoms with Crippen LogP contribution >= 0.6 is 0 Å². The van der Waals surface area contributed by atoms with Crippen molar-refractivity contribution in [2.45, 2.75) is 13.0 Å². The van der Waals surface area contributed by atoms with Crippen LogP contribution in [0.2, 0.25) is 0 Å². The molecule has 0 aliphatic heterocycles. The molecule has 0 radical (unpaired) electrons. The Hall–Kier alpha value is -2.82. The Kier molecular flexibility index (Phi) is 3.78. The second kappa shape index (κ2) is 5.89. The van der Waals surface area contributed by atoms with Gasteiger partial charge in [-0.25, -0.2) is 9.78 Å². The fourth-order valence-corrected chi connectivity index (χ4v) is 2.13. The monoisotopic (exact) mass is 296 g/mol. The van der Waals surface area contributed by atoms with Crippen molar-refractivity contribution in [2.75, 3.05) is 0 Å². The number of carbonyl (C=O) groups excluding carboxylic acids is 1. The van der Waals surface area contributed by atoms with Crippen molar-refractivity contribution in [3.8, 4) is 11.5 Å². The largest absolute Gasteiger partial charge is 0.479 e. The fraction of sp³-hybridized carbons (Fsp3) is 0.176. The molecule has 3 aromatic rings. The van der Waals surface area contributed by atoms with E-state index in [1.807, 2.05) is 35.9 Å². The van der Waals surface area contributed by atoms with Crippen LogP contribution in [-0.4, -0.2) is 21.6 Å². The maximum atomic E-state index is 12.1. The molecule has 0 saturated heterocycles. The molecule has 3 rings (SSSR count). The van der Waals surface area contributed by atoms with Gasteiger partial charge in [0.15, 0.2) is 6.10 Å². The Balaban J connectivity index is 1.69. The maximum absolute atomic E-state index is 12.1. The number of carbonyl (C=O) groups is 1. The Morgan fingerprint density at radius 3 is 2.68 bits per heavy atom. The molecule has 0 fully saturated rings. The van der Waals surface area contributed by atoms with Crippen LogP contribution in [0.4, 0.5) is 0 Å². The van der Waals surface area contributed by atoms with Crippen LogP contribution in [-0.2, 0) is 11.8 Å². The van der Waals surface area contributed by atoms with Gasteiger partial charge in [-0.1, -0.05) is 18.2 Å². The molecule has 0 bridgehead atoms. The fourth-order valence-electron chi connectivity index (χ4n) is 2.13. The molecule has 0 saturated carbocycles. The first-order chi connectivity index (χ1) is 10.6. The minimum Gasteiger partial charge on any atom is -0.479 e. The molecule has 0 aliphatic carbocycles. The molecule has 2 aromatic carbocycles. The normalized spacial score (nSPS) is 12.1. The van der Waals surface area contributed by atoms with Crippen molar-refractivity contribution >= 4 is 17.0 Å². The van der Waals surface area contributed by atoms with Gasteiger partial charge in [0.05, 0.1) is 17.4 Å². The highest BCUT2D eigenvalue weighted by Crippen LogP contribution is 2.20. The van der Waals surface area contributed by atoms with E-state index in [9.17, 15) is 4.79 Å². The summed E-state index contributed by atoms with van der Waals surface area (Å²) in [6.07, 6.45) is 1.03. The van der Waals surface area contributed by atoms with Crippen LogP contribution in [0.1, 0.15) is 6.92 Å². The van der Waals surface area contributed by atoms with Gasteiger partial charge in [-0.05, 0) is 31.2 Å². The second-order valence-corrected chi connectivity index (χ2v) is 5.00. The van der Waals surface area contributed by atoms with Gasteiger partial charge in [0.25, 0.3) is 0 Å². The minimum atomic E-state index is -0.693. The highest BCUT2D eigenvalue weighted by molar-refractivity contribution is 5.81. The first-order valence-corrected chi connectivity index (χ1v) is 6.98. The molecule has 1 heterocycles. The average molecular weight is 296 g/mol. The molecular formula is C17H16N2O3. The summed E-state index contributed by atoms with van der Waals surface area (Å²) in [5.41, 5.74) is 1.76. The smallest absolute Gasteiger partial charge is 0.352 e. The summed E-state index contributed by atoms with van der Waals surface area (Å²) >= 11 is 0. The molecule has 0 unspecified atom stereocenters. The number of aromatic nitrogens is 2. The van der Waals surface area contributed by atoms with Crippen LogP contribution in [0.5, 0.6) is 11.5 Å². The summed E-state index contributed by atoms with van der Waals surface area (Å²) in [6.45, 7) is 1.66. The zero-order chi connectivity index (χ0) is 15.5. The maximum Gasteiger partial charge on any atom is 0.352 e. The molecule has 1 aromatic heterocycles.